The van der Waals surface area contributed by atoms with E-state index in [9.17, 15) is 0 Å². The van der Waals surface area contributed by atoms with E-state index in [0.717, 1.165) is 0 Å². The lowest BCUT2D eigenvalue weighted by Gasteiger charge is -1.47. The number of hydrogen-bond acceptors (Lipinski definition) is 2. The van der Waals surface area contributed by atoms with Crippen LogP contribution < -0.4 is 0 Å². The van der Waals surface area contributed by atoms with Crippen molar-refractivity contribution in [2.45, 2.75) is 0 Å². The van der Waals surface area contributed by atoms with Crippen molar-refractivity contribution in [2.75, 3.05) is 0 Å². The molecular formula is C3H5NO2. The van der Waals surface area contributed by atoms with Crippen LogP contribution >= 0.6 is 0 Å². The van der Waals surface area contributed by atoms with Gasteiger partial charge in [-0.2, -0.15) is 0 Å². The predicted octanol–water partition coefficient (Wildman–Crippen LogP) is -0.150. The second kappa shape index (κ2) is 2.41. The lowest BCUT2D eigenvalue weighted by molar-refractivity contribution is 0.558. The fourth-order valence-electron chi connectivity index (χ4n) is 0.176. The van der Waals surface area contributed by atoms with E-state index in [1.807, 2.05) is 0 Å². The van der Waals surface area contributed by atoms with Crippen LogP contribution in [0.15, 0.2) is 23.3 Å². The summed E-state index contributed by atoms with van der Waals surface area (Å²) in [6.45, 7) is 0. The summed E-state index contributed by atoms with van der Waals surface area (Å²) in [6.07, 6.45) is 4.47. The normalized spacial score (nSPS) is 6.67. The SMILES string of the molecule is O.c1cocn1. The third-order valence-corrected chi connectivity index (χ3v) is 0.347. The Hall–Kier alpha value is -0.830. The highest BCUT2D eigenvalue weighted by atomic mass is 16.3. The molecule has 0 amide bonds. The topological polar surface area (TPSA) is 57.5 Å². The number of aromatic nitrogens is 1. The first-order valence-electron chi connectivity index (χ1n) is 1.32. The summed E-state index contributed by atoms with van der Waals surface area (Å²) in [7, 11) is 0. The van der Waals surface area contributed by atoms with Gasteiger partial charge in [-0.1, -0.05) is 0 Å². The molecule has 0 fully saturated rings. The molecule has 0 atom stereocenters. The van der Waals surface area contributed by atoms with Crippen molar-refractivity contribution in [1.82, 2.24) is 4.98 Å². The minimum absolute atomic E-state index is 0. The number of oxazole rings is 1. The second-order valence-electron chi connectivity index (χ2n) is 0.676. The Morgan fingerprint density at radius 2 is 2.33 bits per heavy atom. The fourth-order valence-corrected chi connectivity index (χ4v) is 0.176. The summed E-state index contributed by atoms with van der Waals surface area (Å²) in [6, 6.07) is 0. The van der Waals surface area contributed by atoms with Crippen molar-refractivity contribution in [3.05, 3.63) is 18.9 Å². The zero-order valence-corrected chi connectivity index (χ0v) is 3.09. The van der Waals surface area contributed by atoms with Gasteiger partial charge in [-0.3, -0.25) is 0 Å². The van der Waals surface area contributed by atoms with Gasteiger partial charge in [0.2, 0.25) is 0 Å². The largest absolute Gasteiger partial charge is 0.452 e. The van der Waals surface area contributed by atoms with E-state index in [1.165, 1.54) is 12.7 Å². The van der Waals surface area contributed by atoms with Crippen LogP contribution in [0.2, 0.25) is 0 Å². The maximum atomic E-state index is 4.47. The van der Waals surface area contributed by atoms with Gasteiger partial charge in [0.1, 0.15) is 6.26 Å². The van der Waals surface area contributed by atoms with Crippen molar-refractivity contribution in [1.29, 1.82) is 0 Å². The van der Waals surface area contributed by atoms with Gasteiger partial charge in [0, 0.05) is 0 Å². The highest BCUT2D eigenvalue weighted by molar-refractivity contribution is 4.56. The van der Waals surface area contributed by atoms with E-state index in [2.05, 4.69) is 9.40 Å². The van der Waals surface area contributed by atoms with E-state index in [4.69, 9.17) is 0 Å². The summed E-state index contributed by atoms with van der Waals surface area (Å²) in [5, 5.41) is 0. The Balaban J connectivity index is 0.000000250. The minimum atomic E-state index is 0. The summed E-state index contributed by atoms with van der Waals surface area (Å²) in [4.78, 5) is 3.56. The molecule has 2 N–H and O–H groups in total. The molecule has 1 aromatic heterocycles. The third-order valence-electron chi connectivity index (χ3n) is 0.347. The van der Waals surface area contributed by atoms with Crippen LogP contribution in [-0.4, -0.2) is 10.5 Å². The molecule has 1 rings (SSSR count). The van der Waals surface area contributed by atoms with Gasteiger partial charge in [-0.15, -0.1) is 0 Å². The summed E-state index contributed by atoms with van der Waals surface area (Å²) in [5.74, 6) is 0. The van der Waals surface area contributed by atoms with Crippen molar-refractivity contribution in [2.24, 2.45) is 0 Å². The van der Waals surface area contributed by atoms with Crippen LogP contribution in [0.1, 0.15) is 0 Å². The Bertz CT molecular complexity index is 65.3. The maximum Gasteiger partial charge on any atom is 0.180 e. The van der Waals surface area contributed by atoms with Crippen molar-refractivity contribution >= 4 is 0 Å². The molecule has 1 aromatic rings. The lowest BCUT2D eigenvalue weighted by atomic mass is 11.0. The monoisotopic (exact) mass is 87.0 g/mol. The van der Waals surface area contributed by atoms with Crippen molar-refractivity contribution < 1.29 is 9.89 Å². The van der Waals surface area contributed by atoms with Crippen LogP contribution in [0.4, 0.5) is 0 Å². The van der Waals surface area contributed by atoms with Gasteiger partial charge in [-0.25, -0.2) is 4.98 Å². The zero-order chi connectivity index (χ0) is 3.54. The first-order chi connectivity index (χ1) is 2.50. The Labute approximate surface area is 34.9 Å². The average Bonchev–Trinajstić information content (AvgIpc) is 1.76. The van der Waals surface area contributed by atoms with Crippen LogP contribution in [0.5, 0.6) is 0 Å². The Morgan fingerprint density at radius 1 is 1.50 bits per heavy atom. The van der Waals surface area contributed by atoms with Gasteiger partial charge < -0.3 is 9.89 Å². The average molecular weight is 87.1 g/mol. The highest BCUT2D eigenvalue weighted by Gasteiger charge is 1.59. The predicted molar refractivity (Wildman–Crippen MR) is 20.1 cm³/mol. The molecule has 3 heteroatoms. The van der Waals surface area contributed by atoms with E-state index in [0.29, 0.717) is 0 Å². The van der Waals surface area contributed by atoms with Gasteiger partial charge in [0.15, 0.2) is 6.39 Å². The molecule has 1 heterocycles. The van der Waals surface area contributed by atoms with Crippen LogP contribution in [-0.2, 0) is 0 Å². The molecule has 0 saturated heterocycles. The molecule has 0 bridgehead atoms. The van der Waals surface area contributed by atoms with Crippen molar-refractivity contribution in [3.63, 3.8) is 0 Å². The molecule has 6 heavy (non-hydrogen) atoms. The van der Waals surface area contributed by atoms with Gasteiger partial charge in [-0.05, 0) is 0 Å². The molecule has 0 saturated carbocycles. The Morgan fingerprint density at radius 3 is 2.50 bits per heavy atom. The number of nitrogens with zero attached hydrogens (tertiary/aromatic N) is 1. The van der Waals surface area contributed by atoms with Crippen molar-refractivity contribution in [3.8, 4) is 0 Å². The second-order valence-corrected chi connectivity index (χ2v) is 0.676. The molecule has 0 aliphatic heterocycles. The quantitative estimate of drug-likeness (QED) is 0.441. The fraction of sp³-hybridized carbons (Fsp3) is 0. The molecular weight excluding hydrogens is 82.0 g/mol. The smallest absolute Gasteiger partial charge is 0.180 e. The van der Waals surface area contributed by atoms with Gasteiger partial charge >= 0.3 is 0 Å². The third kappa shape index (κ3) is 0.858. The first-order valence-corrected chi connectivity index (χ1v) is 1.32. The minimum Gasteiger partial charge on any atom is -0.452 e. The van der Waals surface area contributed by atoms with Crippen LogP contribution in [0.25, 0.3) is 0 Å². The van der Waals surface area contributed by atoms with Crippen LogP contribution in [0, 0.1) is 0 Å². The Kier molecular flexibility index (Phi) is 2.08. The number of hydrogen-bond donors (Lipinski definition) is 0. The van der Waals surface area contributed by atoms with E-state index >= 15 is 0 Å². The molecule has 0 aromatic carbocycles. The van der Waals surface area contributed by atoms with Gasteiger partial charge in [0.25, 0.3) is 0 Å². The van der Waals surface area contributed by atoms with Crippen LogP contribution in [0.3, 0.4) is 0 Å². The molecule has 0 spiro atoms. The zero-order valence-electron chi connectivity index (χ0n) is 3.09. The summed E-state index contributed by atoms with van der Waals surface area (Å²) < 4.78 is 4.47. The lowest BCUT2D eigenvalue weighted by Crippen LogP contribution is -1.38. The maximum absolute atomic E-state index is 4.47. The molecule has 3 nitrogen and oxygen atoms in total. The molecule has 0 aliphatic carbocycles. The summed E-state index contributed by atoms with van der Waals surface area (Å²) in [5.41, 5.74) is 0. The first kappa shape index (κ1) is 5.17. The number of rotatable bonds is 0. The van der Waals surface area contributed by atoms with E-state index in [-0.39, 0.29) is 5.48 Å². The highest BCUT2D eigenvalue weighted by Crippen LogP contribution is 1.72. The van der Waals surface area contributed by atoms with Gasteiger partial charge in [0.05, 0.1) is 6.20 Å². The van der Waals surface area contributed by atoms with E-state index < -0.39 is 0 Å². The molecule has 0 radical (unpaired) electrons. The molecule has 34 valence electrons. The van der Waals surface area contributed by atoms with E-state index in [1.54, 1.807) is 6.20 Å². The molecule has 0 unspecified atom stereocenters. The summed E-state index contributed by atoms with van der Waals surface area (Å²) >= 11 is 0. The molecule has 0 aliphatic rings. The standard InChI is InChI=1S/C3H3NO.H2O/c1-2-5-3-4-1;/h1-3H;1H2.